The monoisotopic (exact) mass is 420 g/mol. The molecule has 0 spiro atoms. The van der Waals surface area contributed by atoms with Gasteiger partial charge in [0.25, 0.3) is 0 Å². The van der Waals surface area contributed by atoms with Gasteiger partial charge in [0.2, 0.25) is 0 Å². The first-order valence-corrected chi connectivity index (χ1v) is 9.06. The van der Waals surface area contributed by atoms with Gasteiger partial charge in [-0.05, 0) is 24.5 Å². The molecule has 2 aromatic rings. The van der Waals surface area contributed by atoms with Gasteiger partial charge in [-0.25, -0.2) is 9.59 Å². The predicted molar refractivity (Wildman–Crippen MR) is 102 cm³/mol. The molecule has 142 valence electrons. The Morgan fingerprint density at radius 3 is 2.69 bits per heavy atom. The molecular weight excluding hydrogens is 403 g/mol. The van der Waals surface area contributed by atoms with Crippen LogP contribution in [0.25, 0.3) is 10.9 Å². The van der Waals surface area contributed by atoms with E-state index in [-0.39, 0.29) is 19.4 Å². The van der Waals surface area contributed by atoms with E-state index < -0.39 is 21.9 Å². The van der Waals surface area contributed by atoms with Crippen LogP contribution in [-0.2, 0) is 20.7 Å². The minimum Gasteiger partial charge on any atom is -0.467 e. The molecule has 2 rings (SSSR count). The molecule has 0 aliphatic carbocycles. The zero-order valence-electron chi connectivity index (χ0n) is 14.1. The first-order chi connectivity index (χ1) is 12.3. The number of halogens is 3. The minimum absolute atomic E-state index is 0.0702. The van der Waals surface area contributed by atoms with Crippen LogP contribution >= 0.6 is 34.8 Å². The number of rotatable bonds is 7. The third-order valence-corrected chi connectivity index (χ3v) is 4.28. The normalized spacial score (nSPS) is 12.6. The first-order valence-electron chi connectivity index (χ1n) is 7.93. The average molecular weight is 422 g/mol. The van der Waals surface area contributed by atoms with Gasteiger partial charge in [-0.15, -0.1) is 0 Å². The average Bonchev–Trinajstić information content (AvgIpc) is 3.00. The smallest absolute Gasteiger partial charge is 0.407 e. The number of alkyl halides is 3. The van der Waals surface area contributed by atoms with E-state index in [1.165, 1.54) is 7.11 Å². The van der Waals surface area contributed by atoms with Crippen molar-refractivity contribution in [2.24, 2.45) is 0 Å². The Bertz CT molecular complexity index is 758. The fraction of sp³-hybridized carbons (Fsp3) is 0.412. The van der Waals surface area contributed by atoms with E-state index in [0.717, 1.165) is 16.5 Å². The van der Waals surface area contributed by atoms with Crippen LogP contribution in [0.4, 0.5) is 4.79 Å². The van der Waals surface area contributed by atoms with E-state index in [0.29, 0.717) is 6.42 Å². The zero-order chi connectivity index (χ0) is 19.2. The SMILES string of the molecule is COC(=O)[C@H](Cc1c[nH]c2ccccc12)NC(=O)OCCCC(Cl)(Cl)Cl. The number of para-hydroxylation sites is 1. The number of methoxy groups -OCH3 is 1. The quantitative estimate of drug-likeness (QED) is 0.400. The third kappa shape index (κ3) is 6.27. The maximum absolute atomic E-state index is 12.0. The Labute approximate surface area is 166 Å². The summed E-state index contributed by atoms with van der Waals surface area (Å²) in [5.41, 5.74) is 1.83. The highest BCUT2D eigenvalue weighted by Crippen LogP contribution is 2.31. The van der Waals surface area contributed by atoms with Crippen LogP contribution in [0, 0.1) is 0 Å². The van der Waals surface area contributed by atoms with Gasteiger partial charge >= 0.3 is 12.1 Å². The summed E-state index contributed by atoms with van der Waals surface area (Å²) in [5, 5.41) is 3.49. The van der Waals surface area contributed by atoms with Crippen LogP contribution in [0.2, 0.25) is 0 Å². The van der Waals surface area contributed by atoms with Gasteiger partial charge < -0.3 is 19.8 Å². The topological polar surface area (TPSA) is 80.4 Å². The molecule has 1 aromatic heterocycles. The van der Waals surface area contributed by atoms with Crippen LogP contribution in [0.15, 0.2) is 30.5 Å². The highest BCUT2D eigenvalue weighted by Gasteiger charge is 2.24. The molecule has 1 heterocycles. The molecule has 2 N–H and O–H groups in total. The van der Waals surface area contributed by atoms with Crippen molar-refractivity contribution in [2.75, 3.05) is 13.7 Å². The second-order valence-corrected chi connectivity index (χ2v) is 8.15. The van der Waals surface area contributed by atoms with Gasteiger partial charge in [0.15, 0.2) is 3.79 Å². The highest BCUT2D eigenvalue weighted by atomic mass is 35.6. The van der Waals surface area contributed by atoms with Crippen molar-refractivity contribution in [2.45, 2.75) is 29.1 Å². The van der Waals surface area contributed by atoms with E-state index in [2.05, 4.69) is 10.3 Å². The molecule has 6 nitrogen and oxygen atoms in total. The molecule has 0 aliphatic rings. The summed E-state index contributed by atoms with van der Waals surface area (Å²) in [6, 6.07) is 6.80. The number of hydrogen-bond acceptors (Lipinski definition) is 4. The molecule has 0 saturated heterocycles. The molecule has 1 aromatic carbocycles. The Morgan fingerprint density at radius 2 is 2.00 bits per heavy atom. The van der Waals surface area contributed by atoms with Crippen LogP contribution < -0.4 is 5.32 Å². The molecule has 1 amide bonds. The molecule has 1 atom stereocenters. The van der Waals surface area contributed by atoms with E-state index in [4.69, 9.17) is 44.3 Å². The van der Waals surface area contributed by atoms with Gasteiger partial charge in [0, 0.05) is 23.5 Å². The highest BCUT2D eigenvalue weighted by molar-refractivity contribution is 6.67. The van der Waals surface area contributed by atoms with Gasteiger partial charge in [-0.3, -0.25) is 0 Å². The molecule has 0 fully saturated rings. The minimum atomic E-state index is -1.39. The molecule has 0 unspecified atom stereocenters. The molecule has 9 heteroatoms. The molecule has 0 radical (unpaired) electrons. The van der Waals surface area contributed by atoms with Crippen molar-refractivity contribution in [1.29, 1.82) is 0 Å². The molecule has 0 bridgehead atoms. The van der Waals surface area contributed by atoms with Crippen molar-refractivity contribution in [3.63, 3.8) is 0 Å². The number of hydrogen-bond donors (Lipinski definition) is 2. The van der Waals surface area contributed by atoms with E-state index in [1.807, 2.05) is 24.3 Å². The van der Waals surface area contributed by atoms with Crippen molar-refractivity contribution < 1.29 is 19.1 Å². The summed E-state index contributed by atoms with van der Waals surface area (Å²) in [5.74, 6) is -0.562. The molecule has 0 aliphatic heterocycles. The summed E-state index contributed by atoms with van der Waals surface area (Å²) >= 11 is 16.9. The standard InChI is InChI=1S/C17H19Cl3N2O4/c1-25-15(23)14(22-16(24)26-8-4-7-17(18,19)20)9-11-10-21-13-6-3-2-5-12(11)13/h2-3,5-6,10,14,21H,4,7-9H2,1H3,(H,22,24)/t14-/m0/s1. The molecular formula is C17H19Cl3N2O4. The number of alkyl carbamates (subject to hydrolysis) is 1. The van der Waals surface area contributed by atoms with Crippen molar-refractivity contribution in [3.8, 4) is 0 Å². The predicted octanol–water partition coefficient (Wildman–Crippen LogP) is 4.13. The summed E-state index contributed by atoms with van der Waals surface area (Å²) in [7, 11) is 1.26. The lowest BCUT2D eigenvalue weighted by molar-refractivity contribution is -0.142. The largest absolute Gasteiger partial charge is 0.467 e. The maximum atomic E-state index is 12.0. The second kappa shape index (κ2) is 9.35. The van der Waals surface area contributed by atoms with Crippen molar-refractivity contribution in [3.05, 3.63) is 36.0 Å². The number of ether oxygens (including phenoxy) is 2. The fourth-order valence-electron chi connectivity index (χ4n) is 2.48. The van der Waals surface area contributed by atoms with Crippen LogP contribution in [-0.4, -0.2) is 40.6 Å². The summed E-state index contributed by atoms with van der Waals surface area (Å²) in [6.45, 7) is 0.0702. The van der Waals surface area contributed by atoms with E-state index >= 15 is 0 Å². The van der Waals surface area contributed by atoms with Crippen LogP contribution in [0.5, 0.6) is 0 Å². The Kier molecular flexibility index (Phi) is 7.43. The summed E-state index contributed by atoms with van der Waals surface area (Å²) < 4.78 is 8.42. The van der Waals surface area contributed by atoms with Crippen LogP contribution in [0.3, 0.4) is 0 Å². The number of carbonyl (C=O) groups is 2. The number of H-pyrrole nitrogens is 1. The van der Waals surface area contributed by atoms with E-state index in [1.54, 1.807) is 6.20 Å². The first kappa shape index (κ1) is 20.7. The van der Waals surface area contributed by atoms with Crippen LogP contribution in [0.1, 0.15) is 18.4 Å². The number of carbonyl (C=O) groups excluding carboxylic acids is 2. The number of amides is 1. The van der Waals surface area contributed by atoms with Gasteiger partial charge in [-0.1, -0.05) is 53.0 Å². The Morgan fingerprint density at radius 1 is 1.27 bits per heavy atom. The lowest BCUT2D eigenvalue weighted by Crippen LogP contribution is -2.43. The van der Waals surface area contributed by atoms with Gasteiger partial charge in [-0.2, -0.15) is 0 Å². The number of nitrogens with one attached hydrogen (secondary N) is 2. The number of aromatic nitrogens is 1. The maximum Gasteiger partial charge on any atom is 0.407 e. The lowest BCUT2D eigenvalue weighted by Gasteiger charge is -2.16. The zero-order valence-corrected chi connectivity index (χ0v) is 16.3. The number of fused-ring (bicyclic) bond motifs is 1. The van der Waals surface area contributed by atoms with Gasteiger partial charge in [0.1, 0.15) is 6.04 Å². The molecule has 0 saturated carbocycles. The number of esters is 1. The fourth-order valence-corrected chi connectivity index (χ4v) is 2.88. The van der Waals surface area contributed by atoms with E-state index in [9.17, 15) is 9.59 Å². The summed E-state index contributed by atoms with van der Waals surface area (Å²) in [4.78, 5) is 27.1. The molecule has 26 heavy (non-hydrogen) atoms. The second-order valence-electron chi connectivity index (χ2n) is 5.64. The number of benzene rings is 1. The Balaban J connectivity index is 1.95. The Hall–Kier alpha value is -1.63. The lowest BCUT2D eigenvalue weighted by atomic mass is 10.1. The van der Waals surface area contributed by atoms with Crippen molar-refractivity contribution in [1.82, 2.24) is 10.3 Å². The summed E-state index contributed by atoms with van der Waals surface area (Å²) in [6.07, 6.45) is 1.97. The third-order valence-electron chi connectivity index (χ3n) is 3.71. The van der Waals surface area contributed by atoms with Gasteiger partial charge in [0.05, 0.1) is 13.7 Å². The number of aromatic amines is 1. The van der Waals surface area contributed by atoms with Crippen molar-refractivity contribution >= 4 is 57.8 Å².